The fraction of sp³-hybridized carbons (Fsp3) is 0.138. The van der Waals surface area contributed by atoms with Gasteiger partial charge in [0.05, 0.1) is 23.7 Å². The Labute approximate surface area is 208 Å². The zero-order valence-corrected chi connectivity index (χ0v) is 20.3. The monoisotopic (exact) mass is 474 g/mol. The molecule has 6 aromatic rings. The van der Waals surface area contributed by atoms with Crippen LogP contribution in [0.4, 0.5) is 5.95 Å². The van der Waals surface area contributed by atoms with E-state index in [0.29, 0.717) is 17.3 Å². The third-order valence-electron chi connectivity index (χ3n) is 6.92. The quantitative estimate of drug-likeness (QED) is 0.384. The zero-order valence-electron chi connectivity index (χ0n) is 20.3. The first kappa shape index (κ1) is 22.0. The van der Waals surface area contributed by atoms with Crippen molar-refractivity contribution in [2.75, 3.05) is 5.73 Å². The molecule has 0 saturated heterocycles. The molecule has 0 radical (unpaired) electrons. The highest BCUT2D eigenvalue weighted by atomic mass is 16.3. The van der Waals surface area contributed by atoms with Crippen LogP contribution in [-0.4, -0.2) is 29.3 Å². The Morgan fingerprint density at radius 3 is 2.36 bits per heavy atom. The van der Waals surface area contributed by atoms with Crippen molar-refractivity contribution in [3.05, 3.63) is 113 Å². The first-order valence-electron chi connectivity index (χ1n) is 11.8. The van der Waals surface area contributed by atoms with Crippen molar-refractivity contribution < 1.29 is 5.11 Å². The maximum atomic E-state index is 12.5. The van der Waals surface area contributed by atoms with Crippen LogP contribution in [0.25, 0.3) is 27.7 Å². The van der Waals surface area contributed by atoms with Crippen LogP contribution in [0.5, 0.6) is 0 Å². The maximum Gasteiger partial charge on any atom is 0.226 e. The van der Waals surface area contributed by atoms with E-state index in [1.165, 1.54) is 0 Å². The summed E-state index contributed by atoms with van der Waals surface area (Å²) in [6.07, 6.45) is 3.42. The van der Waals surface area contributed by atoms with E-state index >= 15 is 0 Å². The molecule has 6 rings (SSSR count). The molecule has 0 aliphatic heterocycles. The number of nitrogens with zero attached hydrogens (tertiary/aromatic N) is 5. The number of aliphatic hydroxyl groups is 1. The molecule has 178 valence electrons. The van der Waals surface area contributed by atoms with Crippen LogP contribution in [0.15, 0.2) is 85.3 Å². The van der Waals surface area contributed by atoms with Gasteiger partial charge in [-0.25, -0.2) is 4.98 Å². The molecule has 3 N–H and O–H groups in total. The molecule has 0 bridgehead atoms. The standard InChI is InChI=1S/C29H26N6O/c1-18-7-9-21(10-8-18)29(36,26-16-31-17-34(26)3)22-11-12-25-24(14-22)23(20-6-4-5-19(2)13-20)15-27-32-33-28(30)35(25)27/h4-17,36H,1-3H3,(H2,30,33). The lowest BCUT2D eigenvalue weighted by molar-refractivity contribution is 0.117. The van der Waals surface area contributed by atoms with E-state index < -0.39 is 5.60 Å². The maximum absolute atomic E-state index is 12.5. The second-order valence-electron chi connectivity index (χ2n) is 9.38. The number of aromatic nitrogens is 5. The van der Waals surface area contributed by atoms with Crippen molar-refractivity contribution in [3.63, 3.8) is 0 Å². The van der Waals surface area contributed by atoms with Crippen molar-refractivity contribution in [1.29, 1.82) is 0 Å². The molecule has 36 heavy (non-hydrogen) atoms. The Balaban J connectivity index is 1.70. The smallest absolute Gasteiger partial charge is 0.226 e. The molecule has 7 heteroatoms. The number of nitrogens with two attached hydrogens (primary N) is 1. The van der Waals surface area contributed by atoms with Crippen LogP contribution in [0.1, 0.15) is 27.9 Å². The Morgan fingerprint density at radius 1 is 0.861 bits per heavy atom. The molecule has 0 spiro atoms. The summed E-state index contributed by atoms with van der Waals surface area (Å²) in [5.74, 6) is 0.318. The van der Waals surface area contributed by atoms with E-state index in [1.54, 1.807) is 12.5 Å². The summed E-state index contributed by atoms with van der Waals surface area (Å²) < 4.78 is 3.69. The SMILES string of the molecule is Cc1ccc(C(O)(c2ccc3c(c2)c(-c2cccc(C)c2)cc2nnc(N)n23)c2cncn2C)cc1. The summed E-state index contributed by atoms with van der Waals surface area (Å²) in [6, 6.07) is 24.3. The Kier molecular flexibility index (Phi) is 4.91. The molecule has 3 heterocycles. The fourth-order valence-electron chi connectivity index (χ4n) is 5.04. The number of pyridine rings is 1. The summed E-state index contributed by atoms with van der Waals surface area (Å²) in [4.78, 5) is 4.30. The van der Waals surface area contributed by atoms with Gasteiger partial charge in [0.2, 0.25) is 5.95 Å². The normalized spacial score (nSPS) is 13.3. The van der Waals surface area contributed by atoms with Gasteiger partial charge in [0.25, 0.3) is 0 Å². The van der Waals surface area contributed by atoms with Gasteiger partial charge in [0.15, 0.2) is 11.2 Å². The molecule has 0 saturated carbocycles. The minimum atomic E-state index is -1.43. The molecule has 0 aliphatic rings. The number of imidazole rings is 1. The lowest BCUT2D eigenvalue weighted by atomic mass is 9.82. The number of benzene rings is 3. The highest BCUT2D eigenvalue weighted by molar-refractivity contribution is 5.98. The summed E-state index contributed by atoms with van der Waals surface area (Å²) in [5, 5.41) is 21.8. The third kappa shape index (κ3) is 3.28. The van der Waals surface area contributed by atoms with Gasteiger partial charge < -0.3 is 15.4 Å². The molecule has 7 nitrogen and oxygen atoms in total. The van der Waals surface area contributed by atoms with Gasteiger partial charge in [-0.2, -0.15) is 0 Å². The van der Waals surface area contributed by atoms with E-state index in [-0.39, 0.29) is 0 Å². The third-order valence-corrected chi connectivity index (χ3v) is 6.92. The van der Waals surface area contributed by atoms with E-state index in [0.717, 1.165) is 44.3 Å². The molecule has 1 atom stereocenters. The van der Waals surface area contributed by atoms with Crippen LogP contribution >= 0.6 is 0 Å². The van der Waals surface area contributed by atoms with Crippen molar-refractivity contribution in [2.24, 2.45) is 7.05 Å². The van der Waals surface area contributed by atoms with Crippen LogP contribution in [-0.2, 0) is 12.6 Å². The topological polar surface area (TPSA) is 94.3 Å². The Hall–Kier alpha value is -4.49. The molecular weight excluding hydrogens is 448 g/mol. The van der Waals surface area contributed by atoms with Crippen molar-refractivity contribution in [3.8, 4) is 11.1 Å². The average molecular weight is 475 g/mol. The van der Waals surface area contributed by atoms with Gasteiger partial charge >= 0.3 is 0 Å². The van der Waals surface area contributed by atoms with Gasteiger partial charge in [-0.3, -0.25) is 4.40 Å². The first-order chi connectivity index (χ1) is 17.4. The van der Waals surface area contributed by atoms with Crippen LogP contribution in [0, 0.1) is 13.8 Å². The molecule has 0 fully saturated rings. The molecule has 3 aromatic heterocycles. The molecule has 1 unspecified atom stereocenters. The Bertz CT molecular complexity index is 1750. The first-order valence-corrected chi connectivity index (χ1v) is 11.8. The highest BCUT2D eigenvalue weighted by Crippen LogP contribution is 2.40. The number of nitrogen functional groups attached to an aromatic ring is 1. The molecule has 3 aromatic carbocycles. The van der Waals surface area contributed by atoms with Crippen LogP contribution in [0.3, 0.4) is 0 Å². The second-order valence-corrected chi connectivity index (χ2v) is 9.38. The van der Waals surface area contributed by atoms with E-state index in [9.17, 15) is 5.11 Å². The second kappa shape index (κ2) is 8.03. The minimum Gasteiger partial charge on any atom is -0.374 e. The summed E-state index contributed by atoms with van der Waals surface area (Å²) in [6.45, 7) is 4.11. The number of anilines is 1. The lowest BCUT2D eigenvalue weighted by Gasteiger charge is -2.30. The summed E-state index contributed by atoms with van der Waals surface area (Å²) in [7, 11) is 1.89. The predicted molar refractivity (Wildman–Crippen MR) is 142 cm³/mol. The average Bonchev–Trinajstić information content (AvgIpc) is 3.48. The Morgan fingerprint density at radius 2 is 1.64 bits per heavy atom. The van der Waals surface area contributed by atoms with Gasteiger partial charge in [0, 0.05) is 12.4 Å². The van der Waals surface area contributed by atoms with Crippen molar-refractivity contribution in [2.45, 2.75) is 19.4 Å². The van der Waals surface area contributed by atoms with Crippen LogP contribution in [0.2, 0.25) is 0 Å². The van der Waals surface area contributed by atoms with E-state index in [1.807, 2.05) is 77.5 Å². The molecule has 0 amide bonds. The van der Waals surface area contributed by atoms with Crippen molar-refractivity contribution >= 4 is 22.5 Å². The number of hydrogen-bond acceptors (Lipinski definition) is 5. The summed E-state index contributed by atoms with van der Waals surface area (Å²) >= 11 is 0. The predicted octanol–water partition coefficient (Wildman–Crippen LogP) is 4.77. The lowest BCUT2D eigenvalue weighted by Crippen LogP contribution is -2.31. The fourth-order valence-corrected chi connectivity index (χ4v) is 5.04. The summed E-state index contributed by atoms with van der Waals surface area (Å²) in [5.41, 5.74) is 12.8. The van der Waals surface area contributed by atoms with Gasteiger partial charge in [0.1, 0.15) is 0 Å². The number of hydrogen-bond donors (Lipinski definition) is 2. The zero-order chi connectivity index (χ0) is 25.0. The van der Waals surface area contributed by atoms with Gasteiger partial charge in [-0.1, -0.05) is 65.7 Å². The number of rotatable bonds is 4. The number of aryl methyl sites for hydroxylation is 3. The molecule has 0 aliphatic carbocycles. The highest BCUT2D eigenvalue weighted by Gasteiger charge is 2.37. The number of fused-ring (bicyclic) bond motifs is 3. The molecular formula is C29H26N6O. The van der Waals surface area contributed by atoms with E-state index in [4.69, 9.17) is 5.73 Å². The van der Waals surface area contributed by atoms with Gasteiger partial charge in [-0.15, -0.1) is 10.2 Å². The van der Waals surface area contributed by atoms with Crippen molar-refractivity contribution in [1.82, 2.24) is 24.1 Å². The minimum absolute atomic E-state index is 0.318. The largest absolute Gasteiger partial charge is 0.374 e. The van der Waals surface area contributed by atoms with Gasteiger partial charge in [-0.05, 0) is 54.3 Å². The van der Waals surface area contributed by atoms with E-state index in [2.05, 4.69) is 40.3 Å². The van der Waals surface area contributed by atoms with Crippen LogP contribution < -0.4 is 5.73 Å².